The summed E-state index contributed by atoms with van der Waals surface area (Å²) in [4.78, 5) is 34.4. The minimum absolute atomic E-state index is 0.0101. The highest BCUT2D eigenvalue weighted by Gasteiger charge is 2.30. The molecule has 0 aliphatic carbocycles. The number of nitrogen functional groups attached to an aromatic ring is 1. The van der Waals surface area contributed by atoms with Gasteiger partial charge in [-0.3, -0.25) is 4.79 Å². The van der Waals surface area contributed by atoms with Gasteiger partial charge in [-0.25, -0.2) is 14.8 Å². The van der Waals surface area contributed by atoms with Crippen LogP contribution in [0.2, 0.25) is 0 Å². The number of amides is 1. The number of nitrogens with zero attached hydrogens (tertiary/aromatic N) is 3. The summed E-state index contributed by atoms with van der Waals surface area (Å²) in [6.45, 7) is 3.99. The molecule has 26 heavy (non-hydrogen) atoms. The number of rotatable bonds is 5. The Morgan fingerprint density at radius 2 is 2.15 bits per heavy atom. The van der Waals surface area contributed by atoms with Crippen molar-refractivity contribution in [3.05, 3.63) is 41.6 Å². The van der Waals surface area contributed by atoms with Gasteiger partial charge in [-0.05, 0) is 31.9 Å². The maximum Gasteiger partial charge on any atom is 0.343 e. The van der Waals surface area contributed by atoms with Crippen LogP contribution in [0.5, 0.6) is 0 Å². The van der Waals surface area contributed by atoms with E-state index in [9.17, 15) is 9.59 Å². The average Bonchev–Trinajstić information content (AvgIpc) is 2.95. The molecule has 7 nitrogen and oxygen atoms in total. The van der Waals surface area contributed by atoms with Gasteiger partial charge in [-0.15, -0.1) is 0 Å². The van der Waals surface area contributed by atoms with Gasteiger partial charge in [0.1, 0.15) is 11.4 Å². The standard InChI is InChI=1S/C18H20N4O3S/c1-3-25-17(24)13-9-20-18(21-16(13)19)26-10-15(23)22-11(2)8-12-6-4-5-7-14(12)22/h4-7,9,11H,3,8,10H2,1-2H3,(H2,19,20,21). The Balaban J connectivity index is 1.67. The van der Waals surface area contributed by atoms with E-state index in [0.29, 0.717) is 5.16 Å². The zero-order chi connectivity index (χ0) is 18.7. The Hall–Kier alpha value is -2.61. The molecule has 1 unspecified atom stereocenters. The van der Waals surface area contributed by atoms with Crippen LogP contribution in [0.1, 0.15) is 29.8 Å². The minimum Gasteiger partial charge on any atom is -0.462 e. The van der Waals surface area contributed by atoms with Gasteiger partial charge in [0, 0.05) is 17.9 Å². The molecule has 1 aliphatic heterocycles. The minimum atomic E-state index is -0.555. The molecular formula is C18H20N4O3S. The van der Waals surface area contributed by atoms with Crippen molar-refractivity contribution in [1.82, 2.24) is 9.97 Å². The maximum atomic E-state index is 12.7. The number of esters is 1. The number of benzene rings is 1. The molecule has 0 fully saturated rings. The van der Waals surface area contributed by atoms with Crippen LogP contribution < -0.4 is 10.6 Å². The van der Waals surface area contributed by atoms with Crippen molar-refractivity contribution in [2.75, 3.05) is 23.0 Å². The summed E-state index contributed by atoms with van der Waals surface area (Å²) >= 11 is 1.19. The number of thioether (sulfide) groups is 1. The fraction of sp³-hybridized carbons (Fsp3) is 0.333. The number of carbonyl (C=O) groups is 2. The molecular weight excluding hydrogens is 352 g/mol. The zero-order valence-electron chi connectivity index (χ0n) is 14.6. The summed E-state index contributed by atoms with van der Waals surface area (Å²) in [6.07, 6.45) is 2.19. The van der Waals surface area contributed by atoms with Gasteiger partial charge in [0.2, 0.25) is 5.91 Å². The van der Waals surface area contributed by atoms with E-state index in [-0.39, 0.29) is 35.7 Å². The fourth-order valence-electron chi connectivity index (χ4n) is 2.96. The van der Waals surface area contributed by atoms with Crippen LogP contribution in [-0.4, -0.2) is 40.2 Å². The number of fused-ring (bicyclic) bond motifs is 1. The number of ether oxygens (including phenoxy) is 1. The van der Waals surface area contributed by atoms with Crippen LogP contribution >= 0.6 is 11.8 Å². The summed E-state index contributed by atoms with van der Waals surface area (Å²) in [7, 11) is 0. The lowest BCUT2D eigenvalue weighted by Crippen LogP contribution is -2.37. The Morgan fingerprint density at radius 3 is 2.88 bits per heavy atom. The quantitative estimate of drug-likeness (QED) is 0.488. The summed E-state index contributed by atoms with van der Waals surface area (Å²) < 4.78 is 4.89. The molecule has 1 aliphatic rings. The van der Waals surface area contributed by atoms with Crippen molar-refractivity contribution >= 4 is 35.1 Å². The summed E-state index contributed by atoms with van der Waals surface area (Å²) in [5.74, 6) is -0.325. The summed E-state index contributed by atoms with van der Waals surface area (Å²) in [5.41, 5.74) is 8.08. The first-order valence-corrected chi connectivity index (χ1v) is 9.32. The lowest BCUT2D eigenvalue weighted by atomic mass is 10.1. The average molecular weight is 372 g/mol. The number of para-hydroxylation sites is 1. The van der Waals surface area contributed by atoms with Crippen LogP contribution in [0.15, 0.2) is 35.6 Å². The van der Waals surface area contributed by atoms with Gasteiger partial charge >= 0.3 is 5.97 Å². The first-order chi connectivity index (χ1) is 12.5. The van der Waals surface area contributed by atoms with E-state index in [1.807, 2.05) is 36.1 Å². The molecule has 8 heteroatoms. The van der Waals surface area contributed by atoms with Crippen LogP contribution in [0, 0.1) is 0 Å². The topological polar surface area (TPSA) is 98.4 Å². The highest BCUT2D eigenvalue weighted by Crippen LogP contribution is 2.32. The smallest absolute Gasteiger partial charge is 0.343 e. The number of hydrogen-bond acceptors (Lipinski definition) is 7. The molecule has 0 saturated carbocycles. The molecule has 1 amide bonds. The van der Waals surface area contributed by atoms with E-state index < -0.39 is 5.97 Å². The highest BCUT2D eigenvalue weighted by molar-refractivity contribution is 7.99. The maximum absolute atomic E-state index is 12.7. The Bertz CT molecular complexity index is 843. The Morgan fingerprint density at radius 1 is 1.38 bits per heavy atom. The summed E-state index contributed by atoms with van der Waals surface area (Å²) in [6, 6.07) is 8.05. The molecule has 1 aromatic carbocycles. The van der Waals surface area contributed by atoms with Gasteiger partial charge in [-0.1, -0.05) is 30.0 Å². The van der Waals surface area contributed by atoms with Gasteiger partial charge < -0.3 is 15.4 Å². The molecule has 0 radical (unpaired) electrons. The first kappa shape index (κ1) is 18.2. The molecule has 0 bridgehead atoms. The van der Waals surface area contributed by atoms with Gasteiger partial charge in [0.15, 0.2) is 5.16 Å². The second kappa shape index (κ2) is 7.74. The molecule has 2 aromatic rings. The number of carbonyl (C=O) groups excluding carboxylic acids is 2. The number of nitrogens with two attached hydrogens (primary N) is 1. The largest absolute Gasteiger partial charge is 0.462 e. The molecule has 0 spiro atoms. The normalized spacial score (nSPS) is 15.6. The predicted molar refractivity (Wildman–Crippen MR) is 100 cm³/mol. The molecule has 3 rings (SSSR count). The number of aromatic nitrogens is 2. The van der Waals surface area contributed by atoms with Crippen molar-refractivity contribution in [2.24, 2.45) is 0 Å². The third-order valence-electron chi connectivity index (χ3n) is 4.09. The van der Waals surface area contributed by atoms with Crippen molar-refractivity contribution < 1.29 is 14.3 Å². The SMILES string of the molecule is CCOC(=O)c1cnc(SCC(=O)N2c3ccccc3CC2C)nc1N. The molecule has 1 atom stereocenters. The van der Waals surface area contributed by atoms with Crippen molar-refractivity contribution in [1.29, 1.82) is 0 Å². The van der Waals surface area contributed by atoms with Gasteiger partial charge in [0.25, 0.3) is 0 Å². The van der Waals surface area contributed by atoms with E-state index in [1.165, 1.54) is 23.5 Å². The monoisotopic (exact) mass is 372 g/mol. The molecule has 2 N–H and O–H groups in total. The molecule has 136 valence electrons. The Kier molecular flexibility index (Phi) is 5.41. The summed E-state index contributed by atoms with van der Waals surface area (Å²) in [5, 5.41) is 0.351. The lowest BCUT2D eigenvalue weighted by molar-refractivity contribution is -0.116. The Labute approximate surface area is 156 Å². The third kappa shape index (κ3) is 3.65. The van der Waals surface area contributed by atoms with E-state index in [2.05, 4.69) is 9.97 Å². The number of hydrogen-bond donors (Lipinski definition) is 1. The zero-order valence-corrected chi connectivity index (χ0v) is 15.5. The van der Waals surface area contributed by atoms with E-state index >= 15 is 0 Å². The predicted octanol–water partition coefficient (Wildman–Crippen LogP) is 2.31. The number of anilines is 2. The van der Waals surface area contributed by atoms with Gasteiger partial charge in [-0.2, -0.15) is 0 Å². The van der Waals surface area contributed by atoms with E-state index in [1.54, 1.807) is 6.92 Å². The van der Waals surface area contributed by atoms with Crippen LogP contribution in [0.3, 0.4) is 0 Å². The third-order valence-corrected chi connectivity index (χ3v) is 4.94. The molecule has 1 aromatic heterocycles. The van der Waals surface area contributed by atoms with E-state index in [0.717, 1.165) is 12.1 Å². The van der Waals surface area contributed by atoms with E-state index in [4.69, 9.17) is 10.5 Å². The van der Waals surface area contributed by atoms with Crippen molar-refractivity contribution in [3.8, 4) is 0 Å². The molecule has 0 saturated heterocycles. The van der Waals surface area contributed by atoms with Gasteiger partial charge in [0.05, 0.1) is 12.4 Å². The lowest BCUT2D eigenvalue weighted by Gasteiger charge is -2.22. The van der Waals surface area contributed by atoms with Crippen LogP contribution in [0.25, 0.3) is 0 Å². The van der Waals surface area contributed by atoms with Crippen LogP contribution in [0.4, 0.5) is 11.5 Å². The second-order valence-corrected chi connectivity index (χ2v) is 6.85. The van der Waals surface area contributed by atoms with Crippen molar-refractivity contribution in [2.45, 2.75) is 31.5 Å². The van der Waals surface area contributed by atoms with Crippen molar-refractivity contribution in [3.63, 3.8) is 0 Å². The fourth-order valence-corrected chi connectivity index (χ4v) is 3.64. The second-order valence-electron chi connectivity index (χ2n) is 5.91. The molecule has 2 heterocycles. The van der Waals surface area contributed by atoms with Crippen LogP contribution in [-0.2, 0) is 16.0 Å². The highest BCUT2D eigenvalue weighted by atomic mass is 32.2. The first-order valence-electron chi connectivity index (χ1n) is 8.33.